The molecule has 15 heavy (non-hydrogen) atoms. The monoisotopic (exact) mass is 204 g/mol. The van der Waals surface area contributed by atoms with Crippen LogP contribution in [0.15, 0.2) is 18.3 Å². The topological polar surface area (TPSA) is 66.0 Å². The van der Waals surface area contributed by atoms with Crippen LogP contribution >= 0.6 is 0 Å². The van der Waals surface area contributed by atoms with Gasteiger partial charge in [0.1, 0.15) is 11.5 Å². The molecule has 0 atom stereocenters. The van der Waals surface area contributed by atoms with Gasteiger partial charge in [-0.25, -0.2) is 0 Å². The number of hydrogen-bond donors (Lipinski definition) is 2. The van der Waals surface area contributed by atoms with Crippen molar-refractivity contribution in [3.63, 3.8) is 0 Å². The van der Waals surface area contributed by atoms with Crippen molar-refractivity contribution < 1.29 is 0 Å². The van der Waals surface area contributed by atoms with E-state index in [1.807, 2.05) is 19.2 Å². The van der Waals surface area contributed by atoms with Gasteiger partial charge in [-0.05, 0) is 31.4 Å². The molecule has 3 N–H and O–H groups in total. The van der Waals surface area contributed by atoms with E-state index in [9.17, 15) is 0 Å². The smallest absolute Gasteiger partial charge is 0.143 e. The van der Waals surface area contributed by atoms with E-state index in [1.54, 1.807) is 6.20 Å². The molecule has 1 aliphatic rings. The molecule has 1 heterocycles. The van der Waals surface area contributed by atoms with Crippen molar-refractivity contribution in [2.24, 2.45) is 5.73 Å². The van der Waals surface area contributed by atoms with Gasteiger partial charge in [-0.3, -0.25) is 10.4 Å². The highest BCUT2D eigenvalue weighted by Crippen LogP contribution is 2.29. The van der Waals surface area contributed by atoms with E-state index >= 15 is 0 Å². The Morgan fingerprint density at radius 3 is 2.87 bits per heavy atom. The summed E-state index contributed by atoms with van der Waals surface area (Å²) in [4.78, 5) is 6.34. The lowest BCUT2D eigenvalue weighted by molar-refractivity contribution is 0.401. The summed E-state index contributed by atoms with van der Waals surface area (Å²) in [5.74, 6) is 0.0387. The summed E-state index contributed by atoms with van der Waals surface area (Å²) in [6.45, 7) is 0. The minimum Gasteiger partial charge on any atom is -0.382 e. The number of aromatic nitrogens is 1. The minimum atomic E-state index is 0.0387. The molecule has 4 nitrogen and oxygen atoms in total. The number of amidine groups is 1. The molecule has 1 aliphatic carbocycles. The quantitative estimate of drug-likeness (QED) is 0.577. The lowest BCUT2D eigenvalue weighted by atomic mass is 9.91. The van der Waals surface area contributed by atoms with Crippen molar-refractivity contribution in [1.82, 2.24) is 4.98 Å². The number of hydrogen-bond acceptors (Lipinski definition) is 3. The van der Waals surface area contributed by atoms with Crippen LogP contribution < -0.4 is 10.6 Å². The second-order valence-electron chi connectivity index (χ2n) is 3.98. The summed E-state index contributed by atoms with van der Waals surface area (Å²) >= 11 is 0. The molecule has 0 saturated heterocycles. The minimum absolute atomic E-state index is 0.0387. The van der Waals surface area contributed by atoms with E-state index in [4.69, 9.17) is 11.1 Å². The first-order chi connectivity index (χ1) is 7.20. The maximum absolute atomic E-state index is 7.47. The molecular formula is C11H16N4. The Labute approximate surface area is 89.6 Å². The first-order valence-electron chi connectivity index (χ1n) is 5.22. The summed E-state index contributed by atoms with van der Waals surface area (Å²) < 4.78 is 0. The molecule has 0 aliphatic heterocycles. The van der Waals surface area contributed by atoms with Crippen LogP contribution in [0.1, 0.15) is 25.0 Å². The fourth-order valence-corrected chi connectivity index (χ4v) is 1.86. The van der Waals surface area contributed by atoms with Crippen LogP contribution in [0.25, 0.3) is 0 Å². The molecule has 0 aromatic carbocycles. The number of rotatable bonds is 3. The van der Waals surface area contributed by atoms with Gasteiger partial charge in [0.25, 0.3) is 0 Å². The average Bonchev–Trinajstić information content (AvgIpc) is 2.15. The Morgan fingerprint density at radius 2 is 2.33 bits per heavy atom. The fourth-order valence-electron chi connectivity index (χ4n) is 1.86. The van der Waals surface area contributed by atoms with Crippen molar-refractivity contribution in [1.29, 1.82) is 5.41 Å². The van der Waals surface area contributed by atoms with Gasteiger partial charge in [0, 0.05) is 19.3 Å². The Balaban J connectivity index is 2.29. The zero-order valence-electron chi connectivity index (χ0n) is 8.90. The predicted octanol–water partition coefficient (Wildman–Crippen LogP) is 1.35. The highest BCUT2D eigenvalue weighted by Gasteiger charge is 2.24. The maximum atomic E-state index is 7.47. The normalized spacial score (nSPS) is 15.8. The zero-order valence-corrected chi connectivity index (χ0v) is 8.90. The third-order valence-electron chi connectivity index (χ3n) is 3.04. The Kier molecular flexibility index (Phi) is 2.58. The summed E-state index contributed by atoms with van der Waals surface area (Å²) in [5.41, 5.74) is 7.06. The lowest BCUT2D eigenvalue weighted by Crippen LogP contribution is -2.38. The van der Waals surface area contributed by atoms with Crippen molar-refractivity contribution >= 4 is 11.5 Å². The Hall–Kier alpha value is -1.58. The van der Waals surface area contributed by atoms with Crippen molar-refractivity contribution in [3.8, 4) is 0 Å². The molecule has 2 rings (SSSR count). The highest BCUT2D eigenvalue weighted by atomic mass is 15.2. The summed E-state index contributed by atoms with van der Waals surface area (Å²) in [6, 6.07) is 4.45. The summed E-state index contributed by atoms with van der Waals surface area (Å²) in [6.07, 6.45) is 5.42. The van der Waals surface area contributed by atoms with Gasteiger partial charge in [-0.2, -0.15) is 0 Å². The predicted molar refractivity (Wildman–Crippen MR) is 61.3 cm³/mol. The van der Waals surface area contributed by atoms with Crippen LogP contribution in [0.2, 0.25) is 0 Å². The first-order valence-corrected chi connectivity index (χ1v) is 5.22. The molecule has 1 aromatic rings. The second-order valence-corrected chi connectivity index (χ2v) is 3.98. The molecule has 4 heteroatoms. The van der Waals surface area contributed by atoms with E-state index in [-0.39, 0.29) is 5.84 Å². The molecule has 1 saturated carbocycles. The number of pyridine rings is 1. The van der Waals surface area contributed by atoms with Crippen LogP contribution in [0.4, 0.5) is 5.69 Å². The fraction of sp³-hybridized carbons (Fsp3) is 0.455. The van der Waals surface area contributed by atoms with Gasteiger partial charge in [-0.1, -0.05) is 0 Å². The van der Waals surface area contributed by atoms with Crippen LogP contribution in [0.3, 0.4) is 0 Å². The first kappa shape index (κ1) is 9.96. The third kappa shape index (κ3) is 1.79. The van der Waals surface area contributed by atoms with Gasteiger partial charge >= 0.3 is 0 Å². The van der Waals surface area contributed by atoms with Crippen LogP contribution in [0, 0.1) is 5.41 Å². The van der Waals surface area contributed by atoms with Crippen LogP contribution in [-0.4, -0.2) is 23.9 Å². The lowest BCUT2D eigenvalue weighted by Gasteiger charge is -2.36. The summed E-state index contributed by atoms with van der Waals surface area (Å²) in [5, 5.41) is 7.47. The number of nitrogens with zero attached hydrogens (tertiary/aromatic N) is 2. The maximum Gasteiger partial charge on any atom is 0.143 e. The van der Waals surface area contributed by atoms with E-state index in [2.05, 4.69) is 9.88 Å². The molecule has 1 fully saturated rings. The average molecular weight is 204 g/mol. The molecule has 0 amide bonds. The SMILES string of the molecule is CN(c1cccnc1C(=N)N)C1CCC1. The van der Waals surface area contributed by atoms with E-state index in [1.165, 1.54) is 19.3 Å². The van der Waals surface area contributed by atoms with Crippen LogP contribution in [0.5, 0.6) is 0 Å². The number of nitrogens with two attached hydrogens (primary N) is 1. The molecular weight excluding hydrogens is 188 g/mol. The number of anilines is 1. The van der Waals surface area contributed by atoms with Crippen LogP contribution in [-0.2, 0) is 0 Å². The zero-order chi connectivity index (χ0) is 10.8. The van der Waals surface area contributed by atoms with Crippen molar-refractivity contribution in [3.05, 3.63) is 24.0 Å². The Bertz CT molecular complexity index is 371. The van der Waals surface area contributed by atoms with Gasteiger partial charge in [0.2, 0.25) is 0 Å². The number of nitrogens with one attached hydrogen (secondary N) is 1. The van der Waals surface area contributed by atoms with E-state index < -0.39 is 0 Å². The standard InChI is InChI=1S/C11H16N4/c1-15(8-4-2-5-8)9-6-3-7-14-10(9)11(12)13/h3,6-8H,2,4-5H2,1H3,(H3,12,13). The highest BCUT2D eigenvalue weighted by molar-refractivity contribution is 5.98. The molecule has 0 unspecified atom stereocenters. The van der Waals surface area contributed by atoms with Crippen molar-refractivity contribution in [2.45, 2.75) is 25.3 Å². The summed E-state index contributed by atoms with van der Waals surface area (Å²) in [7, 11) is 2.05. The second kappa shape index (κ2) is 3.88. The van der Waals surface area contributed by atoms with E-state index in [0.29, 0.717) is 11.7 Å². The number of nitrogen functional groups attached to an aromatic ring is 1. The molecule has 80 valence electrons. The molecule has 0 radical (unpaired) electrons. The van der Waals surface area contributed by atoms with Gasteiger partial charge in [-0.15, -0.1) is 0 Å². The van der Waals surface area contributed by atoms with Gasteiger partial charge < -0.3 is 10.6 Å². The molecule has 1 aromatic heterocycles. The van der Waals surface area contributed by atoms with E-state index in [0.717, 1.165) is 5.69 Å². The molecule has 0 spiro atoms. The third-order valence-corrected chi connectivity index (χ3v) is 3.04. The van der Waals surface area contributed by atoms with Crippen molar-refractivity contribution in [2.75, 3.05) is 11.9 Å². The molecule has 0 bridgehead atoms. The van der Waals surface area contributed by atoms with Gasteiger partial charge in [0.05, 0.1) is 5.69 Å². The Morgan fingerprint density at radius 1 is 1.60 bits per heavy atom. The largest absolute Gasteiger partial charge is 0.382 e. The van der Waals surface area contributed by atoms with Gasteiger partial charge in [0.15, 0.2) is 0 Å².